The summed E-state index contributed by atoms with van der Waals surface area (Å²) in [4.78, 5) is 7.56. The van der Waals surface area contributed by atoms with Crippen LogP contribution in [0.4, 0.5) is 13.2 Å². The number of hydrogen-bond acceptors (Lipinski definition) is 4. The van der Waals surface area contributed by atoms with Crippen LogP contribution in [0.5, 0.6) is 5.75 Å². The number of alkyl halides is 3. The summed E-state index contributed by atoms with van der Waals surface area (Å²) < 4.78 is 37.2. The highest BCUT2D eigenvalue weighted by atomic mass is 19.4. The molecule has 3 N–H and O–H groups in total. The number of rotatable bonds is 2. The van der Waals surface area contributed by atoms with E-state index in [2.05, 4.69) is 9.97 Å². The first-order chi connectivity index (χ1) is 8.91. The Hall–Kier alpha value is -2.15. The average molecular weight is 269 g/mol. The van der Waals surface area contributed by atoms with E-state index in [1.165, 1.54) is 18.3 Å². The summed E-state index contributed by atoms with van der Waals surface area (Å²) in [6.07, 6.45) is -2.53. The van der Waals surface area contributed by atoms with Gasteiger partial charge in [-0.25, -0.2) is 0 Å². The molecule has 19 heavy (non-hydrogen) atoms. The van der Waals surface area contributed by atoms with Gasteiger partial charge in [0.2, 0.25) is 0 Å². The molecule has 0 saturated carbocycles. The second kappa shape index (κ2) is 4.85. The molecule has 0 aliphatic carbocycles. The Morgan fingerprint density at radius 1 is 1.16 bits per heavy atom. The molecule has 0 fully saturated rings. The minimum atomic E-state index is -4.44. The fraction of sp³-hybridized carbons (Fsp3) is 0.167. The molecule has 0 aliphatic heterocycles. The van der Waals surface area contributed by atoms with Crippen molar-refractivity contribution < 1.29 is 18.3 Å². The first-order valence-corrected chi connectivity index (χ1v) is 5.33. The monoisotopic (exact) mass is 269 g/mol. The molecule has 2 heterocycles. The van der Waals surface area contributed by atoms with Gasteiger partial charge < -0.3 is 10.8 Å². The molecule has 0 bridgehead atoms. The molecule has 0 atom stereocenters. The van der Waals surface area contributed by atoms with Crippen LogP contribution < -0.4 is 5.73 Å². The highest BCUT2D eigenvalue weighted by molar-refractivity contribution is 5.66. The van der Waals surface area contributed by atoms with E-state index >= 15 is 0 Å². The van der Waals surface area contributed by atoms with Crippen LogP contribution in [0.3, 0.4) is 0 Å². The molecule has 4 nitrogen and oxygen atoms in total. The first-order valence-electron chi connectivity index (χ1n) is 5.33. The zero-order chi connectivity index (χ0) is 14.0. The summed E-state index contributed by atoms with van der Waals surface area (Å²) in [5, 5.41) is 9.65. The molecule has 0 saturated heterocycles. The molecule has 7 heteroatoms. The molecule has 2 aromatic heterocycles. The lowest BCUT2D eigenvalue weighted by Crippen LogP contribution is -2.05. The topological polar surface area (TPSA) is 72.0 Å². The van der Waals surface area contributed by atoms with Gasteiger partial charge in [0.05, 0.1) is 23.1 Å². The molecule has 0 radical (unpaired) electrons. The second-order valence-electron chi connectivity index (χ2n) is 3.83. The molecule has 0 spiro atoms. The van der Waals surface area contributed by atoms with Crippen molar-refractivity contribution in [2.24, 2.45) is 5.73 Å². The largest absolute Gasteiger partial charge is 0.506 e. The van der Waals surface area contributed by atoms with Crippen molar-refractivity contribution in [1.82, 2.24) is 9.97 Å². The third-order valence-electron chi connectivity index (χ3n) is 2.52. The van der Waals surface area contributed by atoms with E-state index in [4.69, 9.17) is 5.73 Å². The minimum Gasteiger partial charge on any atom is -0.506 e. The molecule has 0 aromatic carbocycles. The zero-order valence-corrected chi connectivity index (χ0v) is 9.65. The maximum Gasteiger partial charge on any atom is 0.417 e. The second-order valence-corrected chi connectivity index (χ2v) is 3.83. The van der Waals surface area contributed by atoms with Crippen molar-refractivity contribution in [3.05, 3.63) is 41.9 Å². The quantitative estimate of drug-likeness (QED) is 0.877. The van der Waals surface area contributed by atoms with Crippen molar-refractivity contribution in [2.75, 3.05) is 0 Å². The van der Waals surface area contributed by atoms with Gasteiger partial charge >= 0.3 is 6.18 Å². The van der Waals surface area contributed by atoms with Crippen LogP contribution in [0.15, 0.2) is 30.6 Å². The van der Waals surface area contributed by atoms with Gasteiger partial charge in [-0.2, -0.15) is 13.2 Å². The first kappa shape index (κ1) is 13.3. The Morgan fingerprint density at radius 2 is 1.89 bits per heavy atom. The fourth-order valence-corrected chi connectivity index (χ4v) is 1.53. The van der Waals surface area contributed by atoms with E-state index in [0.717, 1.165) is 12.3 Å². The van der Waals surface area contributed by atoms with E-state index in [1.807, 2.05) is 0 Å². The van der Waals surface area contributed by atoms with Crippen LogP contribution in [0, 0.1) is 0 Å². The van der Waals surface area contributed by atoms with Crippen LogP contribution in [-0.4, -0.2) is 15.1 Å². The van der Waals surface area contributed by atoms with Gasteiger partial charge in [0.1, 0.15) is 5.75 Å². The Morgan fingerprint density at radius 3 is 2.42 bits per heavy atom. The lowest BCUT2D eigenvalue weighted by atomic mass is 10.1. The SMILES string of the molecule is NCc1cc(-c2ccc(C(F)(F)F)cn2)c(O)cn1. The van der Waals surface area contributed by atoms with E-state index < -0.39 is 11.7 Å². The van der Waals surface area contributed by atoms with Gasteiger partial charge in [-0.3, -0.25) is 9.97 Å². The summed E-state index contributed by atoms with van der Waals surface area (Å²) in [5.74, 6) is -0.163. The summed E-state index contributed by atoms with van der Waals surface area (Å²) in [6.45, 7) is 0.161. The Balaban J connectivity index is 2.42. The predicted molar refractivity (Wildman–Crippen MR) is 62.0 cm³/mol. The van der Waals surface area contributed by atoms with Gasteiger partial charge in [-0.15, -0.1) is 0 Å². The van der Waals surface area contributed by atoms with Gasteiger partial charge in [0, 0.05) is 18.3 Å². The number of aromatic hydroxyl groups is 1. The molecule has 0 aliphatic rings. The summed E-state index contributed by atoms with van der Waals surface area (Å²) in [7, 11) is 0. The molecule has 2 rings (SSSR count). The van der Waals surface area contributed by atoms with E-state index in [0.29, 0.717) is 11.3 Å². The van der Waals surface area contributed by atoms with Gasteiger partial charge in [0.15, 0.2) is 0 Å². The molecular formula is C12H10F3N3O. The summed E-state index contributed by atoms with van der Waals surface area (Å²) in [6, 6.07) is 3.59. The van der Waals surface area contributed by atoms with Gasteiger partial charge in [0.25, 0.3) is 0 Å². The predicted octanol–water partition coefficient (Wildman–Crippen LogP) is 2.33. The highest BCUT2D eigenvalue weighted by Gasteiger charge is 2.30. The third kappa shape index (κ3) is 2.82. The van der Waals surface area contributed by atoms with Crippen molar-refractivity contribution in [1.29, 1.82) is 0 Å². The Labute approximate surface area is 106 Å². The lowest BCUT2D eigenvalue weighted by molar-refractivity contribution is -0.137. The van der Waals surface area contributed by atoms with Crippen LogP contribution in [-0.2, 0) is 12.7 Å². The molecule has 0 unspecified atom stereocenters. The van der Waals surface area contributed by atoms with E-state index in [9.17, 15) is 18.3 Å². The normalized spacial score (nSPS) is 11.6. The summed E-state index contributed by atoms with van der Waals surface area (Å²) in [5.41, 5.74) is 5.60. The number of hydrogen-bond donors (Lipinski definition) is 2. The number of aromatic nitrogens is 2. The average Bonchev–Trinajstić information content (AvgIpc) is 2.38. The van der Waals surface area contributed by atoms with Gasteiger partial charge in [-0.1, -0.05) is 0 Å². The zero-order valence-electron chi connectivity index (χ0n) is 9.65. The van der Waals surface area contributed by atoms with Crippen LogP contribution >= 0.6 is 0 Å². The van der Waals surface area contributed by atoms with Crippen molar-refractivity contribution in [2.45, 2.75) is 12.7 Å². The highest BCUT2D eigenvalue weighted by Crippen LogP contribution is 2.31. The van der Waals surface area contributed by atoms with Gasteiger partial charge in [-0.05, 0) is 18.2 Å². The standard InChI is InChI=1S/C12H10F3N3O/c13-12(14,15)7-1-2-10(18-5-7)9-3-8(4-16)17-6-11(9)19/h1-3,5-6,19H,4,16H2. The number of nitrogens with two attached hydrogens (primary N) is 1. The molecule has 2 aromatic rings. The molecule has 0 amide bonds. The number of nitrogens with zero attached hydrogens (tertiary/aromatic N) is 2. The number of pyridine rings is 2. The maximum absolute atomic E-state index is 12.4. The van der Waals surface area contributed by atoms with Crippen molar-refractivity contribution in [3.8, 4) is 17.0 Å². The van der Waals surface area contributed by atoms with E-state index in [1.54, 1.807) is 0 Å². The minimum absolute atomic E-state index is 0.161. The Bertz CT molecular complexity index is 582. The maximum atomic E-state index is 12.4. The number of halogens is 3. The van der Waals surface area contributed by atoms with Crippen molar-refractivity contribution >= 4 is 0 Å². The van der Waals surface area contributed by atoms with Crippen molar-refractivity contribution in [3.63, 3.8) is 0 Å². The van der Waals surface area contributed by atoms with Crippen LogP contribution in [0.2, 0.25) is 0 Å². The Kier molecular flexibility index (Phi) is 3.39. The van der Waals surface area contributed by atoms with Crippen LogP contribution in [0.25, 0.3) is 11.3 Å². The fourth-order valence-electron chi connectivity index (χ4n) is 1.53. The van der Waals surface area contributed by atoms with Crippen LogP contribution in [0.1, 0.15) is 11.3 Å². The molecule has 100 valence electrons. The van der Waals surface area contributed by atoms with E-state index in [-0.39, 0.29) is 18.0 Å². The molecular weight excluding hydrogens is 259 g/mol. The third-order valence-corrected chi connectivity index (χ3v) is 2.52. The smallest absolute Gasteiger partial charge is 0.417 e. The summed E-state index contributed by atoms with van der Waals surface area (Å²) >= 11 is 0. The lowest BCUT2D eigenvalue weighted by Gasteiger charge is -2.08.